The van der Waals surface area contributed by atoms with Gasteiger partial charge in [0, 0.05) is 53.9 Å². The molecule has 196 valence electrons. The van der Waals surface area contributed by atoms with E-state index in [-0.39, 0.29) is 12.3 Å². The van der Waals surface area contributed by atoms with Crippen LogP contribution in [-0.2, 0) is 21.6 Å². The maximum Gasteiger partial charge on any atom is 0.245 e. The van der Waals surface area contributed by atoms with E-state index in [1.165, 1.54) is 0 Å². The fourth-order valence-corrected chi connectivity index (χ4v) is 5.06. The molecule has 0 saturated carbocycles. The Morgan fingerprint density at radius 1 is 1.08 bits per heavy atom. The predicted octanol–water partition coefficient (Wildman–Crippen LogP) is 3.72. The van der Waals surface area contributed by atoms with Crippen LogP contribution in [-0.4, -0.2) is 60.1 Å². The molecule has 1 saturated heterocycles. The van der Waals surface area contributed by atoms with Crippen molar-refractivity contribution >= 4 is 40.7 Å². The third-order valence-corrected chi connectivity index (χ3v) is 7.56. The van der Waals surface area contributed by atoms with Gasteiger partial charge in [-0.25, -0.2) is 0 Å². The Morgan fingerprint density at radius 2 is 1.72 bits per heavy atom. The summed E-state index contributed by atoms with van der Waals surface area (Å²) in [6, 6.07) is 11.5. The van der Waals surface area contributed by atoms with E-state index in [1.807, 2.05) is 38.1 Å². The summed E-state index contributed by atoms with van der Waals surface area (Å²) in [5.74, 6) is -0.578. The van der Waals surface area contributed by atoms with Crippen LogP contribution < -0.4 is 16.0 Å². The van der Waals surface area contributed by atoms with Gasteiger partial charge in [0.05, 0.1) is 11.6 Å². The lowest BCUT2D eigenvalue weighted by Gasteiger charge is -2.40. The highest BCUT2D eigenvalue weighted by molar-refractivity contribution is 6.35. The summed E-state index contributed by atoms with van der Waals surface area (Å²) in [6.07, 6.45) is 1.47. The highest BCUT2D eigenvalue weighted by atomic mass is 35.5. The fourth-order valence-electron chi connectivity index (χ4n) is 4.57. The van der Waals surface area contributed by atoms with Gasteiger partial charge < -0.3 is 26.0 Å². The van der Waals surface area contributed by atoms with Crippen LogP contribution in [0.25, 0.3) is 0 Å². The fraction of sp³-hybridized carbons (Fsp3) is 0.481. The second-order valence-corrected chi connectivity index (χ2v) is 10.2. The maximum atomic E-state index is 13.5. The van der Waals surface area contributed by atoms with Crippen LogP contribution in [0.3, 0.4) is 0 Å². The van der Waals surface area contributed by atoms with Crippen LogP contribution in [0, 0.1) is 0 Å². The minimum atomic E-state index is -0.893. The molecule has 2 aromatic rings. The van der Waals surface area contributed by atoms with Gasteiger partial charge in [-0.1, -0.05) is 61.3 Å². The quantitative estimate of drug-likeness (QED) is 0.455. The Morgan fingerprint density at radius 3 is 2.31 bits per heavy atom. The number of rotatable bonds is 9. The molecule has 1 fully saturated rings. The topological polar surface area (TPSA) is 98.9 Å². The predicted molar refractivity (Wildman–Crippen MR) is 145 cm³/mol. The molecule has 36 heavy (non-hydrogen) atoms. The highest BCUT2D eigenvalue weighted by Crippen LogP contribution is 2.36. The molecule has 0 aliphatic carbocycles. The van der Waals surface area contributed by atoms with E-state index < -0.39 is 23.6 Å². The number of halogens is 2. The SMILES string of the molecule is CCC(O)(CC)c1ccccc1N1CCN(C(=O)[C@@H](Cc2ccc(Cl)cc2Cl)NC(=O)[C@H](C)N)CC1. The highest BCUT2D eigenvalue weighted by Gasteiger charge is 2.33. The van der Waals surface area contributed by atoms with Crippen molar-refractivity contribution in [3.8, 4) is 0 Å². The first-order valence-corrected chi connectivity index (χ1v) is 13.2. The lowest BCUT2D eigenvalue weighted by atomic mass is 9.87. The van der Waals surface area contributed by atoms with E-state index >= 15 is 0 Å². The average Bonchev–Trinajstić information content (AvgIpc) is 2.88. The molecule has 4 N–H and O–H groups in total. The van der Waals surface area contributed by atoms with Crippen molar-refractivity contribution in [3.63, 3.8) is 0 Å². The standard InChI is InChI=1S/C27H36Cl2N4O3/c1-4-27(36,5-2)21-8-6-7-9-24(21)32-12-14-33(15-13-32)26(35)23(31-25(34)18(3)30)16-19-10-11-20(28)17-22(19)29/h6-11,17-18,23,36H,4-5,12-16,30H2,1-3H3,(H,31,34)/t18-,23+/m0/s1. The molecular weight excluding hydrogens is 499 g/mol. The van der Waals surface area contributed by atoms with E-state index in [0.29, 0.717) is 49.1 Å². The number of hydrogen-bond acceptors (Lipinski definition) is 5. The van der Waals surface area contributed by atoms with E-state index in [4.69, 9.17) is 28.9 Å². The number of amides is 2. The Labute approximate surface area is 223 Å². The first kappa shape index (κ1) is 28.3. The molecule has 0 unspecified atom stereocenters. The van der Waals surface area contributed by atoms with Gasteiger partial charge in [-0.2, -0.15) is 0 Å². The minimum absolute atomic E-state index is 0.179. The van der Waals surface area contributed by atoms with Crippen molar-refractivity contribution in [2.75, 3.05) is 31.1 Å². The number of carbonyl (C=O) groups is 2. The molecule has 2 aromatic carbocycles. The van der Waals surface area contributed by atoms with Gasteiger partial charge in [0.25, 0.3) is 0 Å². The number of anilines is 1. The van der Waals surface area contributed by atoms with E-state index in [0.717, 1.165) is 16.8 Å². The van der Waals surface area contributed by atoms with Crippen LogP contribution in [0.4, 0.5) is 5.69 Å². The third-order valence-electron chi connectivity index (χ3n) is 6.97. The second-order valence-electron chi connectivity index (χ2n) is 9.36. The Bertz CT molecular complexity index is 1070. The number of para-hydroxylation sites is 1. The van der Waals surface area contributed by atoms with Gasteiger partial charge in [-0.3, -0.25) is 9.59 Å². The zero-order valence-electron chi connectivity index (χ0n) is 21.1. The zero-order valence-corrected chi connectivity index (χ0v) is 22.6. The van der Waals surface area contributed by atoms with Gasteiger partial charge in [0.2, 0.25) is 11.8 Å². The molecule has 2 atom stereocenters. The molecule has 1 heterocycles. The third kappa shape index (κ3) is 6.51. The average molecular weight is 536 g/mol. The number of nitrogens with one attached hydrogen (secondary N) is 1. The molecule has 3 rings (SSSR count). The Hall–Kier alpha value is -2.32. The normalized spacial score (nSPS) is 16.0. The number of carbonyl (C=O) groups excluding carboxylic acids is 2. The summed E-state index contributed by atoms with van der Waals surface area (Å²) in [5, 5.41) is 14.9. The molecule has 0 bridgehead atoms. The first-order valence-electron chi connectivity index (χ1n) is 12.4. The second kappa shape index (κ2) is 12.3. The van der Waals surface area contributed by atoms with Crippen molar-refractivity contribution in [2.24, 2.45) is 5.73 Å². The molecule has 0 spiro atoms. The number of hydrogen-bond donors (Lipinski definition) is 3. The molecule has 9 heteroatoms. The number of benzene rings is 2. The van der Waals surface area contributed by atoms with Crippen LogP contribution in [0.2, 0.25) is 10.0 Å². The van der Waals surface area contributed by atoms with E-state index in [1.54, 1.807) is 30.0 Å². The molecule has 7 nitrogen and oxygen atoms in total. The Kier molecular flexibility index (Phi) is 9.64. The summed E-state index contributed by atoms with van der Waals surface area (Å²) >= 11 is 12.4. The number of nitrogens with zero attached hydrogens (tertiary/aromatic N) is 2. The summed E-state index contributed by atoms with van der Waals surface area (Å²) < 4.78 is 0. The monoisotopic (exact) mass is 534 g/mol. The van der Waals surface area contributed by atoms with Gasteiger partial charge in [-0.05, 0) is 43.5 Å². The van der Waals surface area contributed by atoms with Gasteiger partial charge in [-0.15, -0.1) is 0 Å². The van der Waals surface area contributed by atoms with Crippen LogP contribution in [0.15, 0.2) is 42.5 Å². The first-order chi connectivity index (χ1) is 17.1. The molecular formula is C27H36Cl2N4O3. The maximum absolute atomic E-state index is 13.5. The summed E-state index contributed by atoms with van der Waals surface area (Å²) in [5.41, 5.74) is 7.48. The molecule has 1 aliphatic rings. The van der Waals surface area contributed by atoms with Crippen molar-refractivity contribution in [1.82, 2.24) is 10.2 Å². The van der Waals surface area contributed by atoms with Crippen molar-refractivity contribution in [2.45, 2.75) is 57.7 Å². The lowest BCUT2D eigenvalue weighted by Crippen LogP contribution is -2.57. The van der Waals surface area contributed by atoms with Gasteiger partial charge in [0.1, 0.15) is 6.04 Å². The number of nitrogens with two attached hydrogens (primary N) is 1. The zero-order chi connectivity index (χ0) is 26.5. The van der Waals surface area contributed by atoms with Crippen molar-refractivity contribution < 1.29 is 14.7 Å². The van der Waals surface area contributed by atoms with Crippen LogP contribution in [0.5, 0.6) is 0 Å². The summed E-state index contributed by atoms with van der Waals surface area (Å²) in [4.78, 5) is 29.9. The van der Waals surface area contributed by atoms with Crippen LogP contribution >= 0.6 is 23.2 Å². The van der Waals surface area contributed by atoms with E-state index in [2.05, 4.69) is 10.2 Å². The lowest BCUT2D eigenvalue weighted by molar-refractivity contribution is -0.136. The van der Waals surface area contributed by atoms with Gasteiger partial charge in [0.15, 0.2) is 0 Å². The molecule has 0 radical (unpaired) electrons. The molecule has 1 aliphatic heterocycles. The summed E-state index contributed by atoms with van der Waals surface area (Å²) in [7, 11) is 0. The van der Waals surface area contributed by atoms with E-state index in [9.17, 15) is 14.7 Å². The smallest absolute Gasteiger partial charge is 0.245 e. The molecule has 2 amide bonds. The van der Waals surface area contributed by atoms with Crippen molar-refractivity contribution in [1.29, 1.82) is 0 Å². The number of aliphatic hydroxyl groups is 1. The Balaban J connectivity index is 1.76. The minimum Gasteiger partial charge on any atom is -0.385 e. The largest absolute Gasteiger partial charge is 0.385 e. The summed E-state index contributed by atoms with van der Waals surface area (Å²) in [6.45, 7) is 7.76. The van der Waals surface area contributed by atoms with Crippen molar-refractivity contribution in [3.05, 3.63) is 63.6 Å². The molecule has 0 aromatic heterocycles. The van der Waals surface area contributed by atoms with Crippen LogP contribution in [0.1, 0.15) is 44.7 Å². The van der Waals surface area contributed by atoms with Gasteiger partial charge >= 0.3 is 0 Å². The number of piperazine rings is 1.